The maximum atomic E-state index is 5.93. The minimum atomic E-state index is 0.238. The number of nitrogens with zero attached hydrogens (tertiary/aromatic N) is 2. The van der Waals surface area contributed by atoms with Gasteiger partial charge in [0.2, 0.25) is 0 Å². The third kappa shape index (κ3) is 2.71. The van der Waals surface area contributed by atoms with Crippen LogP contribution in [0.5, 0.6) is 0 Å². The molecule has 0 atom stereocenters. The minimum absolute atomic E-state index is 0.238. The zero-order valence-electron chi connectivity index (χ0n) is 11.0. The van der Waals surface area contributed by atoms with Crippen LogP contribution in [-0.2, 0) is 0 Å². The number of piperidine rings is 1. The Hall–Kier alpha value is -0.120. The number of rotatable bonds is 2. The Morgan fingerprint density at radius 3 is 1.93 bits per heavy atom. The minimum Gasteiger partial charge on any atom is -0.329 e. The zero-order chi connectivity index (χ0) is 11.7. The highest BCUT2D eigenvalue weighted by Gasteiger charge is 2.37. The summed E-state index contributed by atoms with van der Waals surface area (Å²) < 4.78 is 0. The third-order valence-corrected chi connectivity index (χ3v) is 3.97. The zero-order valence-corrected chi connectivity index (χ0v) is 11.0. The van der Waals surface area contributed by atoms with Crippen molar-refractivity contribution in [3.8, 4) is 0 Å². The SMILES string of the molecule is CN(C)C1(CN)CCN(C(C)(C)C)CC1. The summed E-state index contributed by atoms with van der Waals surface area (Å²) >= 11 is 0. The van der Waals surface area contributed by atoms with Crippen LogP contribution in [0.25, 0.3) is 0 Å². The van der Waals surface area contributed by atoms with Crippen LogP contribution in [0.4, 0.5) is 0 Å². The summed E-state index contributed by atoms with van der Waals surface area (Å²) in [6, 6.07) is 0. The summed E-state index contributed by atoms with van der Waals surface area (Å²) in [6.07, 6.45) is 2.38. The fourth-order valence-electron chi connectivity index (χ4n) is 2.43. The maximum absolute atomic E-state index is 5.93. The lowest BCUT2D eigenvalue weighted by Crippen LogP contribution is -2.59. The second-order valence-electron chi connectivity index (χ2n) is 5.98. The van der Waals surface area contributed by atoms with Crippen molar-refractivity contribution in [2.75, 3.05) is 33.7 Å². The summed E-state index contributed by atoms with van der Waals surface area (Å²) in [6.45, 7) is 9.98. The summed E-state index contributed by atoms with van der Waals surface area (Å²) in [4.78, 5) is 4.87. The van der Waals surface area contributed by atoms with Gasteiger partial charge in [0.15, 0.2) is 0 Å². The van der Waals surface area contributed by atoms with Crippen LogP contribution in [0.2, 0.25) is 0 Å². The maximum Gasteiger partial charge on any atom is 0.0349 e. The molecule has 1 fully saturated rings. The fraction of sp³-hybridized carbons (Fsp3) is 1.00. The average Bonchev–Trinajstić information content (AvgIpc) is 2.16. The largest absolute Gasteiger partial charge is 0.329 e. The quantitative estimate of drug-likeness (QED) is 0.746. The van der Waals surface area contributed by atoms with E-state index in [0.29, 0.717) is 5.54 Å². The van der Waals surface area contributed by atoms with Gasteiger partial charge in [0, 0.05) is 30.7 Å². The number of hydrogen-bond acceptors (Lipinski definition) is 3. The summed E-state index contributed by atoms with van der Waals surface area (Å²) in [5.41, 5.74) is 6.47. The Balaban J connectivity index is 2.61. The number of likely N-dealkylation sites (N-methyl/N-ethyl adjacent to an activating group) is 1. The Morgan fingerprint density at radius 2 is 1.67 bits per heavy atom. The van der Waals surface area contributed by atoms with Crippen LogP contribution in [0, 0.1) is 0 Å². The highest BCUT2D eigenvalue weighted by Crippen LogP contribution is 2.29. The lowest BCUT2D eigenvalue weighted by Gasteiger charge is -2.49. The molecular weight excluding hydrogens is 186 g/mol. The van der Waals surface area contributed by atoms with Gasteiger partial charge >= 0.3 is 0 Å². The monoisotopic (exact) mass is 213 g/mol. The molecule has 90 valence electrons. The van der Waals surface area contributed by atoms with Gasteiger partial charge in [0.25, 0.3) is 0 Å². The van der Waals surface area contributed by atoms with Crippen molar-refractivity contribution in [1.82, 2.24) is 9.80 Å². The lowest BCUT2D eigenvalue weighted by molar-refractivity contribution is 0.0222. The van der Waals surface area contributed by atoms with Crippen molar-refractivity contribution >= 4 is 0 Å². The molecule has 1 heterocycles. The van der Waals surface area contributed by atoms with Gasteiger partial charge in [-0.1, -0.05) is 0 Å². The molecule has 15 heavy (non-hydrogen) atoms. The molecule has 3 nitrogen and oxygen atoms in total. The Bertz CT molecular complexity index is 197. The van der Waals surface area contributed by atoms with Crippen LogP contribution in [-0.4, -0.2) is 54.6 Å². The first-order chi connectivity index (χ1) is 6.82. The van der Waals surface area contributed by atoms with Crippen molar-refractivity contribution < 1.29 is 0 Å². The second-order valence-corrected chi connectivity index (χ2v) is 5.98. The van der Waals surface area contributed by atoms with Crippen molar-refractivity contribution in [1.29, 1.82) is 0 Å². The van der Waals surface area contributed by atoms with Gasteiger partial charge in [-0.25, -0.2) is 0 Å². The standard InChI is InChI=1S/C12H27N3/c1-11(2,3)15-8-6-12(10-13,7-9-15)14(4)5/h6-10,13H2,1-5H3. The Kier molecular flexibility index (Phi) is 3.80. The molecule has 2 N–H and O–H groups in total. The van der Waals surface area contributed by atoms with Gasteiger partial charge in [0.1, 0.15) is 0 Å². The van der Waals surface area contributed by atoms with Crippen LogP contribution in [0.3, 0.4) is 0 Å². The predicted octanol–water partition coefficient (Wildman–Crippen LogP) is 1.14. The molecule has 3 heteroatoms. The molecule has 1 saturated heterocycles. The van der Waals surface area contributed by atoms with Crippen molar-refractivity contribution in [3.05, 3.63) is 0 Å². The van der Waals surface area contributed by atoms with Crippen LogP contribution >= 0.6 is 0 Å². The van der Waals surface area contributed by atoms with Crippen molar-refractivity contribution in [2.45, 2.75) is 44.7 Å². The molecule has 0 aromatic heterocycles. The number of hydrogen-bond donors (Lipinski definition) is 1. The first-order valence-corrected chi connectivity index (χ1v) is 5.94. The van der Waals surface area contributed by atoms with E-state index in [1.807, 2.05) is 0 Å². The van der Waals surface area contributed by atoms with Gasteiger partial charge in [-0.05, 0) is 47.7 Å². The molecule has 0 aromatic rings. The van der Waals surface area contributed by atoms with Crippen molar-refractivity contribution in [3.63, 3.8) is 0 Å². The van der Waals surface area contributed by atoms with Crippen LogP contribution in [0.1, 0.15) is 33.6 Å². The fourth-order valence-corrected chi connectivity index (χ4v) is 2.43. The van der Waals surface area contributed by atoms with E-state index < -0.39 is 0 Å². The van der Waals surface area contributed by atoms with E-state index in [1.54, 1.807) is 0 Å². The van der Waals surface area contributed by atoms with Gasteiger partial charge in [0.05, 0.1) is 0 Å². The van der Waals surface area contributed by atoms with Crippen LogP contribution in [0.15, 0.2) is 0 Å². The van der Waals surface area contributed by atoms with Crippen molar-refractivity contribution in [2.24, 2.45) is 5.73 Å². The van der Waals surface area contributed by atoms with E-state index in [0.717, 1.165) is 6.54 Å². The summed E-state index contributed by atoms with van der Waals surface area (Å²) in [5.74, 6) is 0. The van der Waals surface area contributed by atoms with Gasteiger partial charge in [-0.15, -0.1) is 0 Å². The molecule has 1 rings (SSSR count). The first-order valence-electron chi connectivity index (χ1n) is 5.94. The van der Waals surface area contributed by atoms with E-state index in [1.165, 1.54) is 25.9 Å². The normalized spacial score (nSPS) is 23.4. The molecular formula is C12H27N3. The Labute approximate surface area is 94.6 Å². The summed E-state index contributed by atoms with van der Waals surface area (Å²) in [7, 11) is 4.30. The smallest absolute Gasteiger partial charge is 0.0349 e. The molecule has 0 amide bonds. The second kappa shape index (κ2) is 4.40. The number of likely N-dealkylation sites (tertiary alicyclic amines) is 1. The third-order valence-electron chi connectivity index (χ3n) is 3.97. The molecule has 0 aromatic carbocycles. The van der Waals surface area contributed by atoms with E-state index in [-0.39, 0.29) is 5.54 Å². The molecule has 0 bridgehead atoms. The molecule has 0 radical (unpaired) electrons. The summed E-state index contributed by atoms with van der Waals surface area (Å²) in [5, 5.41) is 0. The van der Waals surface area contributed by atoms with Gasteiger partial charge in [-0.2, -0.15) is 0 Å². The molecule has 1 aliphatic heterocycles. The molecule has 0 unspecified atom stereocenters. The van der Waals surface area contributed by atoms with E-state index in [4.69, 9.17) is 5.73 Å². The number of nitrogens with two attached hydrogens (primary N) is 1. The lowest BCUT2D eigenvalue weighted by atomic mass is 9.84. The van der Waals surface area contributed by atoms with Gasteiger partial charge < -0.3 is 10.6 Å². The average molecular weight is 213 g/mol. The van der Waals surface area contributed by atoms with Gasteiger partial charge in [-0.3, -0.25) is 4.90 Å². The highest BCUT2D eigenvalue weighted by atomic mass is 15.2. The highest BCUT2D eigenvalue weighted by molar-refractivity contribution is 4.96. The molecule has 0 spiro atoms. The van der Waals surface area contributed by atoms with Crippen LogP contribution < -0.4 is 5.73 Å². The van der Waals surface area contributed by atoms with E-state index >= 15 is 0 Å². The molecule has 1 aliphatic rings. The molecule has 0 aliphatic carbocycles. The molecule has 0 saturated carbocycles. The topological polar surface area (TPSA) is 32.5 Å². The van der Waals surface area contributed by atoms with E-state index in [2.05, 4.69) is 44.7 Å². The predicted molar refractivity (Wildman–Crippen MR) is 66.0 cm³/mol. The Morgan fingerprint density at radius 1 is 1.20 bits per heavy atom. The van der Waals surface area contributed by atoms with E-state index in [9.17, 15) is 0 Å². The first kappa shape index (κ1) is 12.9.